The summed E-state index contributed by atoms with van der Waals surface area (Å²) in [7, 11) is 0. The number of pyridine rings is 1. The molecule has 1 atom stereocenters. The van der Waals surface area contributed by atoms with Gasteiger partial charge in [0, 0.05) is 19.3 Å². The predicted molar refractivity (Wildman–Crippen MR) is 60.4 cm³/mol. The number of aliphatic hydroxyl groups is 1. The van der Waals surface area contributed by atoms with Gasteiger partial charge in [-0.15, -0.1) is 0 Å². The van der Waals surface area contributed by atoms with Crippen LogP contribution in [0.1, 0.15) is 28.9 Å². The fourth-order valence-corrected chi connectivity index (χ4v) is 1.99. The zero-order valence-corrected chi connectivity index (χ0v) is 10.0. The van der Waals surface area contributed by atoms with E-state index >= 15 is 0 Å². The number of alkyl halides is 3. The van der Waals surface area contributed by atoms with E-state index in [4.69, 9.17) is 0 Å². The van der Waals surface area contributed by atoms with Crippen LogP contribution in [0.25, 0.3) is 0 Å². The Morgan fingerprint density at radius 1 is 1.42 bits per heavy atom. The van der Waals surface area contributed by atoms with E-state index in [9.17, 15) is 23.1 Å². The summed E-state index contributed by atoms with van der Waals surface area (Å²) in [5.41, 5.74) is -0.926. The number of aromatic nitrogens is 1. The fourth-order valence-electron chi connectivity index (χ4n) is 1.99. The van der Waals surface area contributed by atoms with Crippen LogP contribution in [-0.4, -0.2) is 40.1 Å². The van der Waals surface area contributed by atoms with Gasteiger partial charge in [0.1, 0.15) is 5.69 Å². The molecule has 1 aliphatic heterocycles. The normalized spacial score (nSPS) is 20.4. The van der Waals surface area contributed by atoms with E-state index in [0.717, 1.165) is 12.1 Å². The molecule has 2 heterocycles. The molecule has 1 fully saturated rings. The third-order valence-corrected chi connectivity index (χ3v) is 2.99. The van der Waals surface area contributed by atoms with Crippen LogP contribution >= 0.6 is 0 Å². The lowest BCUT2D eigenvalue weighted by molar-refractivity contribution is -0.137. The zero-order chi connectivity index (χ0) is 14.0. The third-order valence-electron chi connectivity index (χ3n) is 2.99. The molecular weight excluding hydrogens is 261 g/mol. The highest BCUT2D eigenvalue weighted by Gasteiger charge is 2.31. The molecule has 0 radical (unpaired) electrons. The van der Waals surface area contributed by atoms with Crippen LogP contribution in [0.2, 0.25) is 0 Å². The zero-order valence-electron chi connectivity index (χ0n) is 10.0. The van der Waals surface area contributed by atoms with Crippen LogP contribution in [0.3, 0.4) is 0 Å². The van der Waals surface area contributed by atoms with Crippen molar-refractivity contribution in [1.82, 2.24) is 9.88 Å². The maximum atomic E-state index is 12.4. The van der Waals surface area contributed by atoms with E-state index in [1.54, 1.807) is 0 Å². The first kappa shape index (κ1) is 13.8. The third kappa shape index (κ3) is 3.23. The van der Waals surface area contributed by atoms with Crippen LogP contribution in [-0.2, 0) is 6.18 Å². The monoisotopic (exact) mass is 274 g/mol. The second-order valence-electron chi connectivity index (χ2n) is 4.48. The Morgan fingerprint density at radius 2 is 2.16 bits per heavy atom. The molecule has 4 nitrogen and oxygen atoms in total. The Labute approximate surface area is 107 Å². The molecular formula is C12H13F3N2O2. The minimum Gasteiger partial charge on any atom is -0.391 e. The average Bonchev–Trinajstić information content (AvgIpc) is 2.37. The van der Waals surface area contributed by atoms with Crippen molar-refractivity contribution in [2.45, 2.75) is 25.1 Å². The molecule has 1 aromatic heterocycles. The summed E-state index contributed by atoms with van der Waals surface area (Å²) >= 11 is 0. The van der Waals surface area contributed by atoms with Crippen molar-refractivity contribution in [3.05, 3.63) is 29.6 Å². The average molecular weight is 274 g/mol. The number of likely N-dealkylation sites (tertiary alicyclic amines) is 1. The minimum absolute atomic E-state index is 0.0397. The van der Waals surface area contributed by atoms with Gasteiger partial charge in [-0.3, -0.25) is 9.78 Å². The quantitative estimate of drug-likeness (QED) is 0.848. The number of aliphatic hydroxyl groups excluding tert-OH is 1. The van der Waals surface area contributed by atoms with Gasteiger partial charge in [0.15, 0.2) is 0 Å². The molecule has 0 aliphatic carbocycles. The number of carbonyl (C=O) groups excluding carboxylic acids is 1. The Morgan fingerprint density at radius 3 is 2.68 bits per heavy atom. The first-order valence-corrected chi connectivity index (χ1v) is 5.88. The highest BCUT2D eigenvalue weighted by atomic mass is 19.4. The lowest BCUT2D eigenvalue weighted by atomic mass is 10.1. The van der Waals surface area contributed by atoms with Crippen molar-refractivity contribution >= 4 is 5.91 Å². The summed E-state index contributed by atoms with van der Waals surface area (Å²) in [4.78, 5) is 16.9. The van der Waals surface area contributed by atoms with E-state index < -0.39 is 23.8 Å². The summed E-state index contributed by atoms with van der Waals surface area (Å²) in [5.74, 6) is -0.451. The molecule has 0 bridgehead atoms. The fraction of sp³-hybridized carbons (Fsp3) is 0.500. The van der Waals surface area contributed by atoms with Gasteiger partial charge >= 0.3 is 6.18 Å². The Hall–Kier alpha value is -1.63. The smallest absolute Gasteiger partial charge is 0.391 e. The highest BCUT2D eigenvalue weighted by Crippen LogP contribution is 2.28. The highest BCUT2D eigenvalue weighted by molar-refractivity contribution is 5.92. The SMILES string of the molecule is O=C(c1ccc(C(F)(F)F)cn1)N1CCC[C@H](O)C1. The Kier molecular flexibility index (Phi) is 3.75. The molecule has 1 aromatic rings. The van der Waals surface area contributed by atoms with Crippen molar-refractivity contribution < 1.29 is 23.1 Å². The minimum atomic E-state index is -4.46. The molecule has 1 aliphatic rings. The molecule has 1 amide bonds. The summed E-state index contributed by atoms with van der Waals surface area (Å²) < 4.78 is 37.1. The molecule has 7 heteroatoms. The van der Waals surface area contributed by atoms with Crippen molar-refractivity contribution in [3.63, 3.8) is 0 Å². The summed E-state index contributed by atoms with van der Waals surface area (Å²) in [6.07, 6.45) is -3.09. The number of nitrogens with zero attached hydrogens (tertiary/aromatic N) is 2. The molecule has 1 saturated heterocycles. The van der Waals surface area contributed by atoms with Gasteiger partial charge in [0.2, 0.25) is 0 Å². The number of hydrogen-bond acceptors (Lipinski definition) is 3. The molecule has 1 N–H and O–H groups in total. The summed E-state index contributed by atoms with van der Waals surface area (Å²) in [6, 6.07) is 1.90. The summed E-state index contributed by atoms with van der Waals surface area (Å²) in [5, 5.41) is 9.46. The van der Waals surface area contributed by atoms with Crippen molar-refractivity contribution in [3.8, 4) is 0 Å². The van der Waals surface area contributed by atoms with Crippen molar-refractivity contribution in [2.75, 3.05) is 13.1 Å². The van der Waals surface area contributed by atoms with Crippen molar-refractivity contribution in [2.24, 2.45) is 0 Å². The molecule has 2 rings (SSSR count). The Bertz CT molecular complexity index is 459. The van der Waals surface area contributed by atoms with E-state index in [2.05, 4.69) is 4.98 Å². The van der Waals surface area contributed by atoms with Crippen LogP contribution < -0.4 is 0 Å². The van der Waals surface area contributed by atoms with Gasteiger partial charge in [-0.25, -0.2) is 0 Å². The lowest BCUT2D eigenvalue weighted by Gasteiger charge is -2.29. The van der Waals surface area contributed by atoms with Crippen molar-refractivity contribution in [1.29, 1.82) is 0 Å². The topological polar surface area (TPSA) is 53.4 Å². The summed E-state index contributed by atoms with van der Waals surface area (Å²) in [6.45, 7) is 0.681. The van der Waals surface area contributed by atoms with E-state index in [1.807, 2.05) is 0 Å². The molecule has 0 saturated carbocycles. The number of halogens is 3. The van der Waals surface area contributed by atoms with E-state index in [1.165, 1.54) is 4.90 Å². The van der Waals surface area contributed by atoms with Gasteiger partial charge < -0.3 is 10.0 Å². The number of amides is 1. The van der Waals surface area contributed by atoms with Crippen LogP contribution in [0.15, 0.2) is 18.3 Å². The van der Waals surface area contributed by atoms with E-state index in [-0.39, 0.29) is 12.2 Å². The first-order chi connectivity index (χ1) is 8.88. The lowest BCUT2D eigenvalue weighted by Crippen LogP contribution is -2.42. The van der Waals surface area contributed by atoms with Gasteiger partial charge in [0.05, 0.1) is 11.7 Å². The van der Waals surface area contributed by atoms with Gasteiger partial charge in [-0.2, -0.15) is 13.2 Å². The molecule has 104 valence electrons. The number of piperidine rings is 1. The largest absolute Gasteiger partial charge is 0.417 e. The van der Waals surface area contributed by atoms with Crippen LogP contribution in [0, 0.1) is 0 Å². The maximum Gasteiger partial charge on any atom is 0.417 e. The van der Waals surface area contributed by atoms with Gasteiger partial charge in [-0.05, 0) is 25.0 Å². The second kappa shape index (κ2) is 5.16. The van der Waals surface area contributed by atoms with Crippen LogP contribution in [0.5, 0.6) is 0 Å². The van der Waals surface area contributed by atoms with Gasteiger partial charge in [-0.1, -0.05) is 0 Å². The predicted octanol–water partition coefficient (Wildman–Crippen LogP) is 1.70. The van der Waals surface area contributed by atoms with Gasteiger partial charge in [0.25, 0.3) is 5.91 Å². The first-order valence-electron chi connectivity index (χ1n) is 5.88. The second-order valence-corrected chi connectivity index (χ2v) is 4.48. The molecule has 0 unspecified atom stereocenters. The number of rotatable bonds is 1. The number of carbonyl (C=O) groups is 1. The molecule has 19 heavy (non-hydrogen) atoms. The molecule has 0 aromatic carbocycles. The maximum absolute atomic E-state index is 12.4. The standard InChI is InChI=1S/C12H13F3N2O2/c13-12(14,15)8-3-4-10(16-6-8)11(19)17-5-1-2-9(18)7-17/h3-4,6,9,18H,1-2,5,7H2/t9-/m0/s1. The number of hydrogen-bond donors (Lipinski definition) is 1. The van der Waals surface area contributed by atoms with Crippen LogP contribution in [0.4, 0.5) is 13.2 Å². The number of β-amino-alcohol motifs (C(OH)–C–C–N with tert-alkyl or cyclic N) is 1. The molecule has 0 spiro atoms. The van der Waals surface area contributed by atoms with E-state index in [0.29, 0.717) is 25.6 Å². The Balaban J connectivity index is 2.11.